The minimum absolute atomic E-state index is 0.166. The lowest BCUT2D eigenvalue weighted by Crippen LogP contribution is -2.35. The van der Waals surface area contributed by atoms with Crippen LogP contribution in [0.4, 0.5) is 0 Å². The fourth-order valence-electron chi connectivity index (χ4n) is 2.45. The normalized spacial score (nSPS) is 14.4. The summed E-state index contributed by atoms with van der Waals surface area (Å²) >= 11 is 0. The van der Waals surface area contributed by atoms with E-state index < -0.39 is 0 Å². The zero-order chi connectivity index (χ0) is 15.1. The van der Waals surface area contributed by atoms with Gasteiger partial charge < -0.3 is 16.2 Å². The molecule has 20 heavy (non-hydrogen) atoms. The van der Waals surface area contributed by atoms with E-state index in [1.807, 2.05) is 6.92 Å². The predicted octanol–water partition coefficient (Wildman–Crippen LogP) is 3.60. The summed E-state index contributed by atoms with van der Waals surface area (Å²) in [7, 11) is 0. The van der Waals surface area contributed by atoms with Crippen LogP contribution in [0.25, 0.3) is 0 Å². The highest BCUT2D eigenvalue weighted by molar-refractivity contribution is 4.63. The number of aliphatic hydroxyl groups is 1. The summed E-state index contributed by atoms with van der Waals surface area (Å²) in [5.41, 5.74) is 5.64. The number of hydrogen-bond acceptors (Lipinski definition) is 3. The maximum Gasteiger partial charge on any atom is 0.0664 e. The molecule has 0 aromatic carbocycles. The first-order chi connectivity index (χ1) is 9.66. The van der Waals surface area contributed by atoms with Crippen molar-refractivity contribution in [2.24, 2.45) is 5.73 Å². The highest BCUT2D eigenvalue weighted by Crippen LogP contribution is 2.11. The van der Waals surface area contributed by atoms with Crippen molar-refractivity contribution < 1.29 is 5.11 Å². The van der Waals surface area contributed by atoms with Gasteiger partial charge in [-0.15, -0.1) is 0 Å². The van der Waals surface area contributed by atoms with Gasteiger partial charge in [0.15, 0.2) is 0 Å². The maximum atomic E-state index is 9.78. The molecule has 3 heteroatoms. The lowest BCUT2D eigenvalue weighted by molar-refractivity contribution is 0.157. The average molecular weight is 287 g/mol. The molecule has 4 N–H and O–H groups in total. The van der Waals surface area contributed by atoms with Crippen molar-refractivity contribution >= 4 is 0 Å². The number of nitrogens with two attached hydrogens (primary N) is 1. The highest BCUT2D eigenvalue weighted by Gasteiger charge is 2.03. The third kappa shape index (κ3) is 15.9. The number of unbranched alkanes of at least 4 members (excludes halogenated alkanes) is 9. The predicted molar refractivity (Wildman–Crippen MR) is 89.0 cm³/mol. The molecular weight excluding hydrogens is 248 g/mol. The molecule has 0 bridgehead atoms. The maximum absolute atomic E-state index is 9.78. The van der Waals surface area contributed by atoms with Gasteiger partial charge in [0.1, 0.15) is 0 Å². The van der Waals surface area contributed by atoms with Gasteiger partial charge in [0.2, 0.25) is 0 Å². The molecule has 0 fully saturated rings. The van der Waals surface area contributed by atoms with E-state index in [-0.39, 0.29) is 12.1 Å². The largest absolute Gasteiger partial charge is 0.392 e. The molecule has 0 aromatic heterocycles. The van der Waals surface area contributed by atoms with Crippen LogP contribution in [0.3, 0.4) is 0 Å². The first-order valence-corrected chi connectivity index (χ1v) is 8.81. The van der Waals surface area contributed by atoms with Crippen LogP contribution in [0.5, 0.6) is 0 Å². The van der Waals surface area contributed by atoms with E-state index in [1.165, 1.54) is 57.8 Å². The molecule has 3 nitrogen and oxygen atoms in total. The summed E-state index contributed by atoms with van der Waals surface area (Å²) in [6.07, 6.45) is 14.2. The Balaban J connectivity index is 3.11. The Labute approximate surface area is 126 Å². The van der Waals surface area contributed by atoms with E-state index in [0.29, 0.717) is 6.54 Å². The van der Waals surface area contributed by atoms with E-state index in [0.717, 1.165) is 19.4 Å². The summed E-state index contributed by atoms with van der Waals surface area (Å²) < 4.78 is 0. The lowest BCUT2D eigenvalue weighted by Gasteiger charge is -2.13. The second kappa shape index (κ2) is 15.3. The number of hydrogen-bond donors (Lipinski definition) is 3. The number of rotatable bonds is 15. The fourth-order valence-corrected chi connectivity index (χ4v) is 2.45. The van der Waals surface area contributed by atoms with E-state index in [2.05, 4.69) is 12.2 Å². The fraction of sp³-hybridized carbons (Fsp3) is 1.00. The molecule has 0 saturated carbocycles. The molecule has 2 atom stereocenters. The molecule has 0 saturated heterocycles. The van der Waals surface area contributed by atoms with Crippen LogP contribution in [0, 0.1) is 0 Å². The third-order valence-corrected chi connectivity index (χ3v) is 3.74. The van der Waals surface area contributed by atoms with Gasteiger partial charge in [-0.05, 0) is 13.3 Å². The van der Waals surface area contributed by atoms with Gasteiger partial charge in [-0.2, -0.15) is 0 Å². The number of aliphatic hydroxyl groups excluding tert-OH is 1. The monoisotopic (exact) mass is 286 g/mol. The standard InChI is InChI=1S/C17H38N2O/c1-3-4-5-6-7-8-9-10-11-12-13-17(20)15-19-14-16(2)18/h16-17,19-20H,3-15,18H2,1-2H3. The molecule has 0 radical (unpaired) electrons. The minimum Gasteiger partial charge on any atom is -0.392 e. The van der Waals surface area contributed by atoms with Crippen LogP contribution < -0.4 is 11.1 Å². The molecule has 0 aliphatic heterocycles. The van der Waals surface area contributed by atoms with E-state index in [4.69, 9.17) is 5.73 Å². The van der Waals surface area contributed by atoms with Crippen molar-refractivity contribution in [3.8, 4) is 0 Å². The molecule has 0 amide bonds. The van der Waals surface area contributed by atoms with Gasteiger partial charge in [-0.25, -0.2) is 0 Å². The van der Waals surface area contributed by atoms with Crippen molar-refractivity contribution in [2.75, 3.05) is 13.1 Å². The Morgan fingerprint density at radius 2 is 1.35 bits per heavy atom. The second-order valence-corrected chi connectivity index (χ2v) is 6.26. The molecule has 0 aromatic rings. The Kier molecular flexibility index (Phi) is 15.2. The summed E-state index contributed by atoms with van der Waals surface area (Å²) in [6, 6.07) is 0.166. The summed E-state index contributed by atoms with van der Waals surface area (Å²) in [4.78, 5) is 0. The Hall–Kier alpha value is -0.120. The molecular formula is C17H38N2O. The molecule has 0 rings (SSSR count). The smallest absolute Gasteiger partial charge is 0.0664 e. The van der Waals surface area contributed by atoms with Crippen molar-refractivity contribution in [3.05, 3.63) is 0 Å². The zero-order valence-corrected chi connectivity index (χ0v) is 13.9. The van der Waals surface area contributed by atoms with Gasteiger partial charge in [-0.1, -0.05) is 71.1 Å². The van der Waals surface area contributed by atoms with Crippen LogP contribution in [0.2, 0.25) is 0 Å². The van der Waals surface area contributed by atoms with Crippen LogP contribution in [-0.4, -0.2) is 30.3 Å². The molecule has 0 spiro atoms. The Bertz CT molecular complexity index is 186. The summed E-state index contributed by atoms with van der Waals surface area (Å²) in [6.45, 7) is 5.70. The van der Waals surface area contributed by atoms with Crippen LogP contribution in [0.1, 0.15) is 84.5 Å². The summed E-state index contributed by atoms with van der Waals surface area (Å²) in [5.74, 6) is 0. The average Bonchev–Trinajstić information content (AvgIpc) is 2.40. The third-order valence-electron chi connectivity index (χ3n) is 3.74. The second-order valence-electron chi connectivity index (χ2n) is 6.26. The SMILES string of the molecule is CCCCCCCCCCCCC(O)CNCC(C)N. The van der Waals surface area contributed by atoms with Gasteiger partial charge in [0.05, 0.1) is 6.10 Å². The number of nitrogens with one attached hydrogen (secondary N) is 1. The first-order valence-electron chi connectivity index (χ1n) is 8.81. The van der Waals surface area contributed by atoms with Crippen molar-refractivity contribution in [1.29, 1.82) is 0 Å². The van der Waals surface area contributed by atoms with E-state index >= 15 is 0 Å². The van der Waals surface area contributed by atoms with Gasteiger partial charge in [0, 0.05) is 19.1 Å². The molecule has 0 aliphatic rings. The van der Waals surface area contributed by atoms with Gasteiger partial charge >= 0.3 is 0 Å². The van der Waals surface area contributed by atoms with Crippen LogP contribution >= 0.6 is 0 Å². The molecule has 122 valence electrons. The topological polar surface area (TPSA) is 58.3 Å². The molecule has 0 heterocycles. The van der Waals surface area contributed by atoms with Crippen molar-refractivity contribution in [2.45, 2.75) is 96.6 Å². The zero-order valence-electron chi connectivity index (χ0n) is 13.9. The van der Waals surface area contributed by atoms with Crippen LogP contribution in [0.15, 0.2) is 0 Å². The summed E-state index contributed by atoms with van der Waals surface area (Å²) in [5, 5.41) is 13.0. The molecule has 0 aliphatic carbocycles. The molecule has 2 unspecified atom stereocenters. The van der Waals surface area contributed by atoms with Gasteiger partial charge in [0.25, 0.3) is 0 Å². The van der Waals surface area contributed by atoms with Gasteiger partial charge in [-0.3, -0.25) is 0 Å². The highest BCUT2D eigenvalue weighted by atomic mass is 16.3. The van der Waals surface area contributed by atoms with Crippen molar-refractivity contribution in [1.82, 2.24) is 5.32 Å². The Morgan fingerprint density at radius 3 is 1.85 bits per heavy atom. The van der Waals surface area contributed by atoms with E-state index in [1.54, 1.807) is 0 Å². The minimum atomic E-state index is -0.206. The first kappa shape index (κ1) is 19.9. The Morgan fingerprint density at radius 1 is 0.850 bits per heavy atom. The lowest BCUT2D eigenvalue weighted by atomic mass is 10.0. The van der Waals surface area contributed by atoms with Crippen LogP contribution in [-0.2, 0) is 0 Å². The van der Waals surface area contributed by atoms with Crippen molar-refractivity contribution in [3.63, 3.8) is 0 Å². The van der Waals surface area contributed by atoms with E-state index in [9.17, 15) is 5.11 Å². The quantitative estimate of drug-likeness (QED) is 0.403.